The van der Waals surface area contributed by atoms with Gasteiger partial charge in [-0.3, -0.25) is 4.79 Å². The van der Waals surface area contributed by atoms with Gasteiger partial charge in [0.05, 0.1) is 18.9 Å². The molecule has 3 rings (SSSR count). The minimum atomic E-state index is -0.509. The molecule has 0 spiro atoms. The van der Waals surface area contributed by atoms with E-state index in [1.54, 1.807) is 12.1 Å². The molecule has 1 N–H and O–H groups in total. The van der Waals surface area contributed by atoms with Crippen LogP contribution >= 0.6 is 0 Å². The molecule has 1 saturated heterocycles. The van der Waals surface area contributed by atoms with E-state index in [0.29, 0.717) is 5.71 Å². The highest BCUT2D eigenvalue weighted by molar-refractivity contribution is 5.99. The Hall–Kier alpha value is -2.93. The van der Waals surface area contributed by atoms with Gasteiger partial charge in [-0.2, -0.15) is 5.10 Å². The minimum absolute atomic E-state index is 0.0343. The van der Waals surface area contributed by atoms with Gasteiger partial charge in [-0.15, -0.1) is 0 Å². The first kappa shape index (κ1) is 18.8. The Morgan fingerprint density at radius 3 is 2.59 bits per heavy atom. The van der Waals surface area contributed by atoms with E-state index in [9.17, 15) is 9.18 Å². The van der Waals surface area contributed by atoms with Gasteiger partial charge in [-0.1, -0.05) is 24.3 Å². The van der Waals surface area contributed by atoms with Crippen LogP contribution in [0.2, 0.25) is 0 Å². The number of carbonyl (C=O) groups is 1. The number of ether oxygens (including phenoxy) is 2. The lowest BCUT2D eigenvalue weighted by Crippen LogP contribution is -2.36. The number of amides is 1. The van der Waals surface area contributed by atoms with Crippen molar-refractivity contribution in [2.24, 2.45) is 5.10 Å². The average molecular weight is 371 g/mol. The number of para-hydroxylation sites is 1. The maximum atomic E-state index is 13.4. The van der Waals surface area contributed by atoms with Crippen molar-refractivity contribution in [3.63, 3.8) is 0 Å². The summed E-state index contributed by atoms with van der Waals surface area (Å²) in [6, 6.07) is 13.9. The Morgan fingerprint density at radius 1 is 1.19 bits per heavy atom. The molecule has 1 aliphatic rings. The van der Waals surface area contributed by atoms with E-state index < -0.39 is 11.7 Å². The standard InChI is InChI=1S/C20H22FN3O3/c1-15(16-6-8-17(9-7-16)24-10-12-26-13-11-24)22-23-20(25)14-27-19-5-3-2-4-18(19)21/h2-9H,10-14H2,1H3,(H,23,25)/b22-15+. The molecular formula is C20H22FN3O3. The van der Waals surface area contributed by atoms with E-state index in [4.69, 9.17) is 9.47 Å². The second-order valence-corrected chi connectivity index (χ2v) is 6.10. The topological polar surface area (TPSA) is 63.2 Å². The fourth-order valence-electron chi connectivity index (χ4n) is 2.68. The van der Waals surface area contributed by atoms with Crippen molar-refractivity contribution in [3.8, 4) is 5.75 Å². The number of morpholine rings is 1. The number of hydrogen-bond acceptors (Lipinski definition) is 5. The highest BCUT2D eigenvalue weighted by Gasteiger charge is 2.11. The van der Waals surface area contributed by atoms with Crippen LogP contribution in [0.3, 0.4) is 0 Å². The van der Waals surface area contributed by atoms with Gasteiger partial charge in [-0.25, -0.2) is 9.82 Å². The van der Waals surface area contributed by atoms with Gasteiger partial charge >= 0.3 is 0 Å². The molecular weight excluding hydrogens is 349 g/mol. The average Bonchev–Trinajstić information content (AvgIpc) is 2.72. The zero-order valence-corrected chi connectivity index (χ0v) is 15.2. The molecule has 27 heavy (non-hydrogen) atoms. The third-order valence-corrected chi connectivity index (χ3v) is 4.21. The summed E-state index contributed by atoms with van der Waals surface area (Å²) < 4.78 is 24.0. The number of carbonyl (C=O) groups excluding carboxylic acids is 1. The van der Waals surface area contributed by atoms with Crippen molar-refractivity contribution in [2.45, 2.75) is 6.92 Å². The molecule has 7 heteroatoms. The lowest BCUT2D eigenvalue weighted by Gasteiger charge is -2.28. The van der Waals surface area contributed by atoms with E-state index >= 15 is 0 Å². The van der Waals surface area contributed by atoms with Crippen LogP contribution in [0.4, 0.5) is 10.1 Å². The summed E-state index contributed by atoms with van der Waals surface area (Å²) in [5.41, 5.74) is 5.13. The number of anilines is 1. The monoisotopic (exact) mass is 371 g/mol. The van der Waals surface area contributed by atoms with Crippen LogP contribution in [-0.2, 0) is 9.53 Å². The number of rotatable bonds is 6. The van der Waals surface area contributed by atoms with Crippen molar-refractivity contribution in [1.29, 1.82) is 0 Å². The molecule has 0 atom stereocenters. The first-order valence-electron chi connectivity index (χ1n) is 8.77. The van der Waals surface area contributed by atoms with Crippen LogP contribution < -0.4 is 15.1 Å². The SMILES string of the molecule is C/C(=N\NC(=O)COc1ccccc1F)c1ccc(N2CCOCC2)cc1. The predicted molar refractivity (Wildman–Crippen MR) is 102 cm³/mol. The molecule has 0 aromatic heterocycles. The van der Waals surface area contributed by atoms with Gasteiger partial charge in [0.15, 0.2) is 18.2 Å². The van der Waals surface area contributed by atoms with E-state index in [1.807, 2.05) is 31.2 Å². The van der Waals surface area contributed by atoms with Crippen molar-refractivity contribution in [2.75, 3.05) is 37.8 Å². The lowest BCUT2D eigenvalue weighted by atomic mass is 10.1. The fraction of sp³-hybridized carbons (Fsp3) is 0.300. The zero-order valence-electron chi connectivity index (χ0n) is 15.2. The maximum Gasteiger partial charge on any atom is 0.277 e. The first-order chi connectivity index (χ1) is 13.1. The molecule has 0 aliphatic carbocycles. The Labute approximate surface area is 157 Å². The molecule has 1 fully saturated rings. The molecule has 1 aliphatic heterocycles. The van der Waals surface area contributed by atoms with E-state index in [1.165, 1.54) is 12.1 Å². The van der Waals surface area contributed by atoms with E-state index in [0.717, 1.165) is 37.6 Å². The van der Waals surface area contributed by atoms with Crippen LogP contribution in [-0.4, -0.2) is 44.5 Å². The number of benzene rings is 2. The molecule has 0 saturated carbocycles. The summed E-state index contributed by atoms with van der Waals surface area (Å²) in [6.45, 7) is 4.73. The van der Waals surface area contributed by atoms with E-state index in [-0.39, 0.29) is 12.4 Å². The van der Waals surface area contributed by atoms with Gasteiger partial charge in [-0.05, 0) is 36.8 Å². The maximum absolute atomic E-state index is 13.4. The van der Waals surface area contributed by atoms with Crippen LogP contribution in [0.15, 0.2) is 53.6 Å². The second kappa shape index (κ2) is 9.14. The van der Waals surface area contributed by atoms with E-state index in [2.05, 4.69) is 15.4 Å². The summed E-state index contributed by atoms with van der Waals surface area (Å²) in [4.78, 5) is 14.1. The zero-order chi connectivity index (χ0) is 19.1. The van der Waals surface area contributed by atoms with Gasteiger partial charge in [0, 0.05) is 18.8 Å². The highest BCUT2D eigenvalue weighted by atomic mass is 19.1. The largest absolute Gasteiger partial charge is 0.481 e. The summed E-state index contributed by atoms with van der Waals surface area (Å²) in [5, 5.41) is 4.08. The van der Waals surface area contributed by atoms with Gasteiger partial charge in [0.2, 0.25) is 0 Å². The second-order valence-electron chi connectivity index (χ2n) is 6.10. The number of nitrogens with one attached hydrogen (secondary N) is 1. The van der Waals surface area contributed by atoms with Crippen molar-refractivity contribution < 1.29 is 18.7 Å². The normalized spacial score (nSPS) is 14.7. The molecule has 6 nitrogen and oxygen atoms in total. The molecule has 0 bridgehead atoms. The van der Waals surface area contributed by atoms with Crippen LogP contribution in [0.5, 0.6) is 5.75 Å². The quantitative estimate of drug-likeness (QED) is 0.626. The molecule has 2 aromatic carbocycles. The highest BCUT2D eigenvalue weighted by Crippen LogP contribution is 2.17. The summed E-state index contributed by atoms with van der Waals surface area (Å²) >= 11 is 0. The predicted octanol–water partition coefficient (Wildman–Crippen LogP) is 2.58. The molecule has 0 radical (unpaired) electrons. The summed E-state index contributed by atoms with van der Waals surface area (Å²) in [7, 11) is 0. The Balaban J connectivity index is 1.52. The van der Waals surface area contributed by atoms with Crippen LogP contribution in [0.1, 0.15) is 12.5 Å². The number of nitrogens with zero attached hydrogens (tertiary/aromatic N) is 2. The third kappa shape index (κ3) is 5.27. The Morgan fingerprint density at radius 2 is 1.89 bits per heavy atom. The number of hydrazone groups is 1. The number of hydrogen-bond donors (Lipinski definition) is 1. The van der Waals surface area contributed by atoms with Crippen molar-refractivity contribution >= 4 is 17.3 Å². The van der Waals surface area contributed by atoms with Crippen molar-refractivity contribution in [3.05, 3.63) is 59.9 Å². The van der Waals surface area contributed by atoms with Gasteiger partial charge < -0.3 is 14.4 Å². The Bertz CT molecular complexity index is 802. The molecule has 2 aromatic rings. The lowest BCUT2D eigenvalue weighted by molar-refractivity contribution is -0.123. The summed E-state index contributed by atoms with van der Waals surface area (Å²) in [5.74, 6) is -0.931. The van der Waals surface area contributed by atoms with Crippen molar-refractivity contribution in [1.82, 2.24) is 5.43 Å². The number of halogens is 1. The molecule has 1 amide bonds. The Kier molecular flexibility index (Phi) is 6.38. The first-order valence-corrected chi connectivity index (χ1v) is 8.77. The molecule has 0 unspecified atom stereocenters. The fourth-order valence-corrected chi connectivity index (χ4v) is 2.68. The summed E-state index contributed by atoms with van der Waals surface area (Å²) in [6.07, 6.45) is 0. The molecule has 1 heterocycles. The molecule has 142 valence electrons. The minimum Gasteiger partial charge on any atom is -0.481 e. The third-order valence-electron chi connectivity index (χ3n) is 4.21. The van der Waals surface area contributed by atoms with Gasteiger partial charge in [0.1, 0.15) is 0 Å². The smallest absolute Gasteiger partial charge is 0.277 e. The van der Waals surface area contributed by atoms with Crippen LogP contribution in [0.25, 0.3) is 0 Å². The van der Waals surface area contributed by atoms with Gasteiger partial charge in [0.25, 0.3) is 5.91 Å². The van der Waals surface area contributed by atoms with Crippen LogP contribution in [0, 0.1) is 5.82 Å².